The molecule has 1 aliphatic rings. The summed E-state index contributed by atoms with van der Waals surface area (Å²) < 4.78 is 7.77. The molecule has 1 aliphatic heterocycles. The van der Waals surface area contributed by atoms with Gasteiger partial charge in [-0.05, 0) is 25.0 Å². The van der Waals surface area contributed by atoms with Crippen molar-refractivity contribution in [2.24, 2.45) is 5.92 Å². The number of hydrogen-bond donors (Lipinski definition) is 0. The molecule has 0 fully saturated rings. The summed E-state index contributed by atoms with van der Waals surface area (Å²) in [6.45, 7) is 3.87. The normalized spacial score (nSPS) is 16.7. The molecule has 1 atom stereocenters. The van der Waals surface area contributed by atoms with Crippen LogP contribution in [0.2, 0.25) is 0 Å². The number of hydrogen-bond acceptors (Lipinski definition) is 3. The lowest BCUT2D eigenvalue weighted by Gasteiger charge is -2.28. The Morgan fingerprint density at radius 1 is 1.45 bits per heavy atom. The van der Waals surface area contributed by atoms with E-state index in [1.807, 2.05) is 44.4 Å². The molecule has 0 spiro atoms. The lowest BCUT2D eigenvalue weighted by atomic mass is 9.95. The number of carbonyl (C=O) groups is 1. The van der Waals surface area contributed by atoms with Gasteiger partial charge in [0.25, 0.3) is 0 Å². The van der Waals surface area contributed by atoms with Crippen molar-refractivity contribution in [2.75, 3.05) is 20.2 Å². The molecule has 0 bridgehead atoms. The number of para-hydroxylation sites is 1. The summed E-state index contributed by atoms with van der Waals surface area (Å²) in [6.07, 6.45) is 4.47. The van der Waals surface area contributed by atoms with Crippen molar-refractivity contribution in [3.8, 4) is 5.75 Å². The lowest BCUT2D eigenvalue weighted by molar-refractivity contribution is -0.135. The molecule has 1 amide bonds. The van der Waals surface area contributed by atoms with Gasteiger partial charge in [-0.15, -0.1) is 0 Å². The maximum absolute atomic E-state index is 12.6. The number of nitrogens with zero attached hydrogens (tertiary/aromatic N) is 3. The average molecular weight is 299 g/mol. The van der Waals surface area contributed by atoms with Crippen molar-refractivity contribution >= 4 is 5.91 Å². The minimum absolute atomic E-state index is 0.0937. The summed E-state index contributed by atoms with van der Waals surface area (Å²) in [5, 5.41) is 0. The van der Waals surface area contributed by atoms with Crippen molar-refractivity contribution in [2.45, 2.75) is 19.9 Å². The molecule has 3 rings (SSSR count). The first-order valence-corrected chi connectivity index (χ1v) is 7.58. The van der Waals surface area contributed by atoms with E-state index in [9.17, 15) is 4.79 Å². The van der Waals surface area contributed by atoms with E-state index in [2.05, 4.69) is 9.55 Å². The fraction of sp³-hybridized carbons (Fsp3) is 0.412. The molecule has 0 saturated heterocycles. The Labute approximate surface area is 130 Å². The van der Waals surface area contributed by atoms with Crippen LogP contribution in [0.3, 0.4) is 0 Å². The fourth-order valence-electron chi connectivity index (χ4n) is 2.81. The highest BCUT2D eigenvalue weighted by atomic mass is 16.5. The van der Waals surface area contributed by atoms with E-state index in [1.54, 1.807) is 11.1 Å². The van der Waals surface area contributed by atoms with Crippen molar-refractivity contribution in [1.29, 1.82) is 0 Å². The number of likely N-dealkylation sites (N-methyl/N-ethyl adjacent to an activating group) is 1. The highest BCUT2D eigenvalue weighted by molar-refractivity contribution is 5.79. The Morgan fingerprint density at radius 2 is 2.27 bits per heavy atom. The zero-order valence-corrected chi connectivity index (χ0v) is 13.0. The summed E-state index contributed by atoms with van der Waals surface area (Å²) in [5.41, 5.74) is 1.12. The van der Waals surface area contributed by atoms with Crippen LogP contribution in [0.5, 0.6) is 5.75 Å². The number of rotatable bonds is 4. The third-order valence-electron chi connectivity index (χ3n) is 4.20. The number of aromatic nitrogens is 2. The number of amides is 1. The van der Waals surface area contributed by atoms with Crippen LogP contribution in [0.25, 0.3) is 0 Å². The first kappa shape index (κ1) is 14.6. The minimum atomic E-state index is -0.0937. The molecule has 5 heteroatoms. The zero-order valence-electron chi connectivity index (χ0n) is 13.0. The minimum Gasteiger partial charge on any atom is -0.492 e. The molecular formula is C17H21N3O2. The molecule has 2 heterocycles. The Kier molecular flexibility index (Phi) is 4.13. The monoisotopic (exact) mass is 299 g/mol. The third kappa shape index (κ3) is 2.98. The summed E-state index contributed by atoms with van der Waals surface area (Å²) >= 11 is 0. The van der Waals surface area contributed by atoms with E-state index >= 15 is 0 Å². The van der Waals surface area contributed by atoms with Crippen LogP contribution in [-0.4, -0.2) is 40.6 Å². The lowest BCUT2D eigenvalue weighted by Crippen LogP contribution is -2.40. The number of fused-ring (bicyclic) bond motifs is 1. The molecule has 5 nitrogen and oxygen atoms in total. The maximum Gasteiger partial charge on any atom is 0.229 e. The van der Waals surface area contributed by atoms with Gasteiger partial charge in [-0.2, -0.15) is 0 Å². The van der Waals surface area contributed by atoms with Crippen LogP contribution in [0.15, 0.2) is 36.7 Å². The van der Waals surface area contributed by atoms with Crippen molar-refractivity contribution in [3.63, 3.8) is 0 Å². The molecule has 2 aromatic rings. The second-order valence-electron chi connectivity index (χ2n) is 5.75. The molecule has 116 valence electrons. The molecule has 1 aromatic carbocycles. The molecule has 0 radical (unpaired) electrons. The fourth-order valence-corrected chi connectivity index (χ4v) is 2.81. The molecule has 0 saturated carbocycles. The zero-order chi connectivity index (χ0) is 15.5. The summed E-state index contributed by atoms with van der Waals surface area (Å²) in [4.78, 5) is 18.6. The highest BCUT2D eigenvalue weighted by Gasteiger charge is 2.27. The van der Waals surface area contributed by atoms with E-state index in [0.29, 0.717) is 13.2 Å². The summed E-state index contributed by atoms with van der Waals surface area (Å²) in [7, 11) is 1.86. The van der Waals surface area contributed by atoms with Gasteiger partial charge in [0.2, 0.25) is 5.91 Å². The van der Waals surface area contributed by atoms with Crippen LogP contribution in [-0.2, 0) is 17.8 Å². The van der Waals surface area contributed by atoms with Gasteiger partial charge < -0.3 is 14.2 Å². The van der Waals surface area contributed by atoms with Gasteiger partial charge in [-0.1, -0.05) is 18.2 Å². The predicted molar refractivity (Wildman–Crippen MR) is 83.7 cm³/mol. The average Bonchev–Trinajstić information content (AvgIpc) is 2.96. The molecule has 0 N–H and O–H groups in total. The van der Waals surface area contributed by atoms with Gasteiger partial charge in [-0.25, -0.2) is 4.98 Å². The smallest absolute Gasteiger partial charge is 0.229 e. The number of aryl methyl sites for hydroxylation is 1. The van der Waals surface area contributed by atoms with Gasteiger partial charge in [0.05, 0.1) is 5.92 Å². The number of carbonyl (C=O) groups excluding carboxylic acids is 1. The van der Waals surface area contributed by atoms with Crippen molar-refractivity contribution in [3.05, 3.63) is 48.0 Å². The van der Waals surface area contributed by atoms with Gasteiger partial charge in [0.1, 0.15) is 18.2 Å². The van der Waals surface area contributed by atoms with E-state index in [-0.39, 0.29) is 11.8 Å². The van der Waals surface area contributed by atoms with Crippen LogP contribution < -0.4 is 4.74 Å². The van der Waals surface area contributed by atoms with Crippen LogP contribution in [0.4, 0.5) is 0 Å². The van der Waals surface area contributed by atoms with E-state index in [1.165, 1.54) is 0 Å². The van der Waals surface area contributed by atoms with Crippen LogP contribution in [0, 0.1) is 12.8 Å². The Bertz CT molecular complexity index is 665. The molecular weight excluding hydrogens is 278 g/mol. The Balaban J connectivity index is 1.58. The van der Waals surface area contributed by atoms with Gasteiger partial charge >= 0.3 is 0 Å². The van der Waals surface area contributed by atoms with E-state index < -0.39 is 0 Å². The second kappa shape index (κ2) is 6.22. The molecule has 1 aromatic heterocycles. The second-order valence-corrected chi connectivity index (χ2v) is 5.75. The van der Waals surface area contributed by atoms with Gasteiger partial charge in [0.15, 0.2) is 0 Å². The van der Waals surface area contributed by atoms with E-state index in [4.69, 9.17) is 4.74 Å². The van der Waals surface area contributed by atoms with Crippen molar-refractivity contribution < 1.29 is 9.53 Å². The quantitative estimate of drug-likeness (QED) is 0.866. The third-order valence-corrected chi connectivity index (χ3v) is 4.20. The summed E-state index contributed by atoms with van der Waals surface area (Å²) in [5.74, 6) is 1.93. The van der Waals surface area contributed by atoms with E-state index in [0.717, 1.165) is 30.1 Å². The largest absolute Gasteiger partial charge is 0.492 e. The SMILES string of the molecule is Cc1nccn1CCN(C)C(=O)[C@H]1COc2ccccc2C1. The standard InChI is InChI=1S/C17H21N3O2/c1-13-18-7-8-20(13)10-9-19(2)17(21)15-11-14-5-3-4-6-16(14)22-12-15/h3-8,15H,9-12H2,1-2H3/t15-/m1/s1. The Morgan fingerprint density at radius 3 is 3.05 bits per heavy atom. The van der Waals surface area contributed by atoms with Gasteiger partial charge in [0, 0.05) is 32.5 Å². The number of ether oxygens (including phenoxy) is 1. The topological polar surface area (TPSA) is 47.4 Å². The predicted octanol–water partition coefficient (Wildman–Crippen LogP) is 1.90. The molecule has 0 unspecified atom stereocenters. The van der Waals surface area contributed by atoms with Crippen LogP contribution in [0.1, 0.15) is 11.4 Å². The maximum atomic E-state index is 12.6. The molecule has 22 heavy (non-hydrogen) atoms. The highest BCUT2D eigenvalue weighted by Crippen LogP contribution is 2.27. The first-order chi connectivity index (χ1) is 10.6. The Hall–Kier alpha value is -2.30. The number of imidazole rings is 1. The van der Waals surface area contributed by atoms with Crippen molar-refractivity contribution in [1.82, 2.24) is 14.5 Å². The summed E-state index contributed by atoms with van der Waals surface area (Å²) in [6, 6.07) is 7.94. The van der Waals surface area contributed by atoms with Crippen LogP contribution >= 0.6 is 0 Å². The first-order valence-electron chi connectivity index (χ1n) is 7.58. The number of benzene rings is 1. The molecule has 0 aliphatic carbocycles. The van der Waals surface area contributed by atoms with Gasteiger partial charge in [-0.3, -0.25) is 4.79 Å².